The summed E-state index contributed by atoms with van der Waals surface area (Å²) in [5.41, 5.74) is 1.60. The summed E-state index contributed by atoms with van der Waals surface area (Å²) >= 11 is 0. The molecular formula is C24H23N5O3. The summed E-state index contributed by atoms with van der Waals surface area (Å²) in [6, 6.07) is 18.8. The number of carbonyl (C=O) groups excluding carboxylic acids is 1. The molecule has 1 aliphatic rings. The number of aromatic nitrogens is 2. The van der Waals surface area contributed by atoms with Crippen LogP contribution in [0.2, 0.25) is 0 Å². The van der Waals surface area contributed by atoms with E-state index in [2.05, 4.69) is 15.2 Å². The Morgan fingerprint density at radius 3 is 2.47 bits per heavy atom. The summed E-state index contributed by atoms with van der Waals surface area (Å²) in [6.45, 7) is 2.54. The summed E-state index contributed by atoms with van der Waals surface area (Å²) in [6.07, 6.45) is 1.62. The number of amides is 2. The van der Waals surface area contributed by atoms with E-state index in [1.165, 1.54) is 0 Å². The van der Waals surface area contributed by atoms with E-state index in [9.17, 15) is 4.79 Å². The molecule has 8 heteroatoms. The van der Waals surface area contributed by atoms with Crippen LogP contribution < -0.4 is 15.0 Å². The SMILES string of the molecule is COc1ccc(NC(=O)N2CCN(c3nc(-c4ccco4)nc4ccccc34)CC2)cc1. The lowest BCUT2D eigenvalue weighted by Gasteiger charge is -2.35. The van der Waals surface area contributed by atoms with Crippen LogP contribution in [0.3, 0.4) is 0 Å². The van der Waals surface area contributed by atoms with Crippen LogP contribution in [0.25, 0.3) is 22.5 Å². The normalized spacial score (nSPS) is 13.9. The molecule has 0 unspecified atom stereocenters. The van der Waals surface area contributed by atoms with Gasteiger partial charge in [0, 0.05) is 37.3 Å². The number of fused-ring (bicyclic) bond motifs is 1. The first-order chi connectivity index (χ1) is 15.7. The predicted molar refractivity (Wildman–Crippen MR) is 123 cm³/mol. The predicted octanol–water partition coefficient (Wildman–Crippen LogP) is 4.25. The summed E-state index contributed by atoms with van der Waals surface area (Å²) in [4.78, 5) is 26.2. The number of nitrogens with zero attached hydrogens (tertiary/aromatic N) is 4. The third kappa shape index (κ3) is 3.94. The Balaban J connectivity index is 1.32. The van der Waals surface area contributed by atoms with Crippen LogP contribution in [0.4, 0.5) is 16.3 Å². The molecule has 8 nitrogen and oxygen atoms in total. The number of carbonyl (C=O) groups is 1. The van der Waals surface area contributed by atoms with Gasteiger partial charge in [0.2, 0.25) is 0 Å². The fourth-order valence-electron chi connectivity index (χ4n) is 3.82. The summed E-state index contributed by atoms with van der Waals surface area (Å²) in [5.74, 6) is 2.80. The lowest BCUT2D eigenvalue weighted by molar-refractivity contribution is 0.208. The molecule has 2 aromatic carbocycles. The molecule has 0 bridgehead atoms. The minimum atomic E-state index is -0.112. The maximum absolute atomic E-state index is 12.7. The number of hydrogen-bond acceptors (Lipinski definition) is 6. The largest absolute Gasteiger partial charge is 0.497 e. The average Bonchev–Trinajstić information content (AvgIpc) is 3.39. The van der Waals surface area contributed by atoms with E-state index in [4.69, 9.17) is 14.1 Å². The molecule has 1 saturated heterocycles. The lowest BCUT2D eigenvalue weighted by atomic mass is 10.2. The molecule has 0 spiro atoms. The van der Waals surface area contributed by atoms with E-state index in [1.807, 2.05) is 65.6 Å². The first kappa shape index (κ1) is 19.9. The fourth-order valence-corrected chi connectivity index (χ4v) is 3.82. The minimum absolute atomic E-state index is 0.112. The van der Waals surface area contributed by atoms with Crippen molar-refractivity contribution in [2.45, 2.75) is 0 Å². The summed E-state index contributed by atoms with van der Waals surface area (Å²) < 4.78 is 10.7. The Kier molecular flexibility index (Phi) is 5.33. The van der Waals surface area contributed by atoms with Crippen LogP contribution in [0.1, 0.15) is 0 Å². The van der Waals surface area contributed by atoms with Crippen LogP contribution in [-0.2, 0) is 0 Å². The first-order valence-corrected chi connectivity index (χ1v) is 10.5. The van der Waals surface area contributed by atoms with Crippen molar-refractivity contribution in [2.75, 3.05) is 43.5 Å². The number of methoxy groups -OCH3 is 1. The van der Waals surface area contributed by atoms with Crippen LogP contribution in [-0.4, -0.2) is 54.2 Å². The van der Waals surface area contributed by atoms with E-state index in [1.54, 1.807) is 13.4 Å². The van der Waals surface area contributed by atoms with Crippen molar-refractivity contribution in [1.82, 2.24) is 14.9 Å². The molecule has 1 N–H and O–H groups in total. The van der Waals surface area contributed by atoms with Gasteiger partial charge >= 0.3 is 6.03 Å². The van der Waals surface area contributed by atoms with E-state index < -0.39 is 0 Å². The van der Waals surface area contributed by atoms with Gasteiger partial charge in [0.15, 0.2) is 11.6 Å². The smallest absolute Gasteiger partial charge is 0.321 e. The third-order valence-electron chi connectivity index (χ3n) is 5.53. The summed E-state index contributed by atoms with van der Waals surface area (Å²) in [7, 11) is 1.62. The molecule has 5 rings (SSSR count). The van der Waals surface area contributed by atoms with Gasteiger partial charge in [0.1, 0.15) is 11.6 Å². The topological polar surface area (TPSA) is 83.7 Å². The zero-order chi connectivity index (χ0) is 21.9. The number of benzene rings is 2. The number of ether oxygens (including phenoxy) is 1. The molecule has 0 saturated carbocycles. The standard InChI is InChI=1S/C24H23N5O3/c1-31-18-10-8-17(9-11-18)25-24(30)29-14-12-28(13-15-29)23-19-5-2-3-6-20(19)26-22(27-23)21-7-4-16-32-21/h2-11,16H,12-15H2,1H3,(H,25,30). The van der Waals surface area contributed by atoms with E-state index in [0.717, 1.165) is 28.2 Å². The van der Waals surface area contributed by atoms with Crippen molar-refractivity contribution in [3.63, 3.8) is 0 Å². The highest BCUT2D eigenvalue weighted by atomic mass is 16.5. The minimum Gasteiger partial charge on any atom is -0.497 e. The molecular weight excluding hydrogens is 406 g/mol. The average molecular weight is 429 g/mol. The molecule has 0 radical (unpaired) electrons. The van der Waals surface area contributed by atoms with Crippen LogP contribution in [0.15, 0.2) is 71.3 Å². The van der Waals surface area contributed by atoms with Crippen LogP contribution >= 0.6 is 0 Å². The van der Waals surface area contributed by atoms with Crippen LogP contribution in [0.5, 0.6) is 5.75 Å². The van der Waals surface area contributed by atoms with Gasteiger partial charge in [-0.2, -0.15) is 0 Å². The van der Waals surface area contributed by atoms with Gasteiger partial charge in [-0.25, -0.2) is 14.8 Å². The molecule has 1 aliphatic heterocycles. The molecule has 2 amide bonds. The number of nitrogens with one attached hydrogen (secondary N) is 1. The number of hydrogen-bond donors (Lipinski definition) is 1. The highest BCUT2D eigenvalue weighted by Crippen LogP contribution is 2.28. The lowest BCUT2D eigenvalue weighted by Crippen LogP contribution is -2.50. The van der Waals surface area contributed by atoms with Gasteiger partial charge in [0.05, 0.1) is 18.9 Å². The van der Waals surface area contributed by atoms with Gasteiger partial charge in [-0.3, -0.25) is 0 Å². The Morgan fingerprint density at radius 1 is 0.969 bits per heavy atom. The van der Waals surface area contributed by atoms with Crippen molar-refractivity contribution in [1.29, 1.82) is 0 Å². The Hall–Kier alpha value is -4.07. The van der Waals surface area contributed by atoms with Gasteiger partial charge < -0.3 is 24.3 Å². The molecule has 3 heterocycles. The zero-order valence-electron chi connectivity index (χ0n) is 17.7. The van der Waals surface area contributed by atoms with Crippen LogP contribution in [0, 0.1) is 0 Å². The quantitative estimate of drug-likeness (QED) is 0.522. The number of para-hydroxylation sites is 1. The number of rotatable bonds is 4. The molecule has 32 heavy (non-hydrogen) atoms. The molecule has 1 fully saturated rings. The highest BCUT2D eigenvalue weighted by Gasteiger charge is 2.24. The van der Waals surface area contributed by atoms with Crippen molar-refractivity contribution in [3.05, 3.63) is 66.9 Å². The zero-order valence-corrected chi connectivity index (χ0v) is 17.7. The van der Waals surface area contributed by atoms with E-state index in [-0.39, 0.29) is 6.03 Å². The Bertz CT molecular complexity index is 1220. The maximum atomic E-state index is 12.7. The second-order valence-electron chi connectivity index (χ2n) is 7.50. The molecule has 4 aromatic rings. The fraction of sp³-hybridized carbons (Fsp3) is 0.208. The Labute approximate surface area is 185 Å². The van der Waals surface area contributed by atoms with Crippen molar-refractivity contribution >= 4 is 28.4 Å². The number of piperazine rings is 1. The number of furan rings is 1. The second kappa shape index (κ2) is 8.58. The van der Waals surface area contributed by atoms with Crippen molar-refractivity contribution in [2.24, 2.45) is 0 Å². The molecule has 0 aliphatic carbocycles. The number of urea groups is 1. The molecule has 2 aromatic heterocycles. The van der Waals surface area contributed by atoms with Gasteiger partial charge in [-0.05, 0) is 48.5 Å². The second-order valence-corrected chi connectivity index (χ2v) is 7.50. The van der Waals surface area contributed by atoms with Gasteiger partial charge in [-0.15, -0.1) is 0 Å². The first-order valence-electron chi connectivity index (χ1n) is 10.5. The Morgan fingerprint density at radius 2 is 1.75 bits per heavy atom. The molecule has 162 valence electrons. The summed E-state index contributed by atoms with van der Waals surface area (Å²) in [5, 5.41) is 3.93. The van der Waals surface area contributed by atoms with E-state index in [0.29, 0.717) is 37.8 Å². The van der Waals surface area contributed by atoms with E-state index >= 15 is 0 Å². The maximum Gasteiger partial charge on any atom is 0.321 e. The van der Waals surface area contributed by atoms with Crippen molar-refractivity contribution in [3.8, 4) is 17.3 Å². The molecule has 0 atom stereocenters. The highest BCUT2D eigenvalue weighted by molar-refractivity contribution is 5.92. The van der Waals surface area contributed by atoms with Crippen molar-refractivity contribution < 1.29 is 13.9 Å². The van der Waals surface area contributed by atoms with Gasteiger partial charge in [0.25, 0.3) is 0 Å². The van der Waals surface area contributed by atoms with Gasteiger partial charge in [-0.1, -0.05) is 12.1 Å². The monoisotopic (exact) mass is 429 g/mol. The number of anilines is 2. The third-order valence-corrected chi connectivity index (χ3v) is 5.53.